The molecule has 0 aliphatic carbocycles. The molecule has 146 valence electrons. The summed E-state index contributed by atoms with van der Waals surface area (Å²) < 4.78 is 11.5. The normalized spacial score (nSPS) is 28.1. The summed E-state index contributed by atoms with van der Waals surface area (Å²) in [6, 6.07) is 13.8. The number of halogens is 1. The Bertz CT molecular complexity index is 761. The molecule has 0 aromatic heterocycles. The first-order valence-corrected chi connectivity index (χ1v) is 9.80. The maximum Gasteiger partial charge on any atom is 0.119 e. The zero-order valence-electron chi connectivity index (χ0n) is 15.9. The van der Waals surface area contributed by atoms with Gasteiger partial charge in [-0.2, -0.15) is 0 Å². The maximum atomic E-state index is 10.3. The Morgan fingerprint density at radius 1 is 1.04 bits per heavy atom. The van der Waals surface area contributed by atoms with Gasteiger partial charge in [-0.1, -0.05) is 42.8 Å². The Balaban J connectivity index is 1.82. The lowest BCUT2D eigenvalue weighted by molar-refractivity contribution is -0.192. The SMILES string of the molecule is CCOc1ccc(Cc2cc(C3OC(C)C(O)C(O)C3C)ccc2Cl)cc1. The van der Waals surface area contributed by atoms with E-state index in [-0.39, 0.29) is 12.0 Å². The van der Waals surface area contributed by atoms with Gasteiger partial charge < -0.3 is 19.7 Å². The van der Waals surface area contributed by atoms with Crippen LogP contribution < -0.4 is 4.74 Å². The van der Waals surface area contributed by atoms with Crippen LogP contribution in [0.4, 0.5) is 0 Å². The van der Waals surface area contributed by atoms with E-state index < -0.39 is 18.3 Å². The number of hydrogen-bond donors (Lipinski definition) is 2. The molecule has 1 heterocycles. The fourth-order valence-electron chi connectivity index (χ4n) is 3.58. The topological polar surface area (TPSA) is 58.9 Å². The highest BCUT2D eigenvalue weighted by molar-refractivity contribution is 6.31. The molecule has 0 amide bonds. The highest BCUT2D eigenvalue weighted by atomic mass is 35.5. The van der Waals surface area contributed by atoms with Gasteiger partial charge in [0, 0.05) is 10.9 Å². The Morgan fingerprint density at radius 2 is 1.74 bits per heavy atom. The summed E-state index contributed by atoms with van der Waals surface area (Å²) in [6.45, 7) is 6.28. The predicted octanol–water partition coefficient (Wildman–Crippen LogP) is 4.15. The zero-order valence-corrected chi connectivity index (χ0v) is 16.7. The summed E-state index contributed by atoms with van der Waals surface area (Å²) in [6.07, 6.45) is -1.70. The molecule has 5 unspecified atom stereocenters. The second kappa shape index (κ2) is 8.61. The number of aliphatic hydroxyl groups excluding tert-OH is 2. The summed E-state index contributed by atoms with van der Waals surface area (Å²) in [5.74, 6) is 0.641. The number of benzene rings is 2. The summed E-state index contributed by atoms with van der Waals surface area (Å²) in [5.41, 5.74) is 3.10. The minimum atomic E-state index is -0.869. The Kier molecular flexibility index (Phi) is 6.43. The van der Waals surface area contributed by atoms with Crippen LogP contribution in [0.1, 0.15) is 43.6 Å². The van der Waals surface area contributed by atoms with Crippen LogP contribution in [0.5, 0.6) is 5.75 Å². The minimum Gasteiger partial charge on any atom is -0.494 e. The number of aliphatic hydroxyl groups is 2. The van der Waals surface area contributed by atoms with Crippen molar-refractivity contribution < 1.29 is 19.7 Å². The quantitative estimate of drug-likeness (QED) is 0.805. The van der Waals surface area contributed by atoms with Crippen LogP contribution in [0.15, 0.2) is 42.5 Å². The minimum absolute atomic E-state index is 0.212. The van der Waals surface area contributed by atoms with E-state index in [1.165, 1.54) is 0 Å². The molecule has 2 aromatic carbocycles. The summed E-state index contributed by atoms with van der Waals surface area (Å²) in [7, 11) is 0. The van der Waals surface area contributed by atoms with Crippen LogP contribution in [0.3, 0.4) is 0 Å². The first kappa shape index (κ1) is 20.2. The molecule has 27 heavy (non-hydrogen) atoms. The Labute approximate surface area is 165 Å². The monoisotopic (exact) mass is 390 g/mol. The third-order valence-corrected chi connectivity index (χ3v) is 5.60. The number of ether oxygens (including phenoxy) is 2. The molecule has 1 aliphatic rings. The first-order chi connectivity index (χ1) is 12.9. The summed E-state index contributed by atoms with van der Waals surface area (Å²) >= 11 is 6.43. The van der Waals surface area contributed by atoms with E-state index in [0.29, 0.717) is 18.1 Å². The van der Waals surface area contributed by atoms with Gasteiger partial charge in [0.1, 0.15) is 11.9 Å². The van der Waals surface area contributed by atoms with E-state index in [2.05, 4.69) is 0 Å². The highest BCUT2D eigenvalue weighted by Crippen LogP contribution is 2.38. The van der Waals surface area contributed by atoms with Gasteiger partial charge in [-0.15, -0.1) is 0 Å². The molecule has 0 bridgehead atoms. The third-order valence-electron chi connectivity index (χ3n) is 5.24. The summed E-state index contributed by atoms with van der Waals surface area (Å²) in [5, 5.41) is 21.0. The van der Waals surface area contributed by atoms with Crippen LogP contribution in [0.2, 0.25) is 5.02 Å². The van der Waals surface area contributed by atoms with Gasteiger partial charge in [-0.3, -0.25) is 0 Å². The lowest BCUT2D eigenvalue weighted by Crippen LogP contribution is -2.49. The van der Waals surface area contributed by atoms with Crippen molar-refractivity contribution >= 4 is 11.6 Å². The van der Waals surface area contributed by atoms with Crippen LogP contribution in [0, 0.1) is 5.92 Å². The van der Waals surface area contributed by atoms with Crippen molar-refractivity contribution in [1.29, 1.82) is 0 Å². The number of rotatable bonds is 5. The van der Waals surface area contributed by atoms with E-state index in [9.17, 15) is 10.2 Å². The van der Waals surface area contributed by atoms with E-state index in [4.69, 9.17) is 21.1 Å². The van der Waals surface area contributed by atoms with Gasteiger partial charge in [-0.25, -0.2) is 0 Å². The second-order valence-electron chi connectivity index (χ2n) is 7.21. The molecule has 1 fully saturated rings. The van der Waals surface area contributed by atoms with Crippen molar-refractivity contribution in [2.45, 2.75) is 51.6 Å². The van der Waals surface area contributed by atoms with Crippen molar-refractivity contribution in [3.63, 3.8) is 0 Å². The molecule has 2 N–H and O–H groups in total. The highest BCUT2D eigenvalue weighted by Gasteiger charge is 2.40. The smallest absolute Gasteiger partial charge is 0.119 e. The van der Waals surface area contributed by atoms with Gasteiger partial charge in [-0.05, 0) is 55.2 Å². The molecule has 0 spiro atoms. The van der Waals surface area contributed by atoms with Gasteiger partial charge in [0.15, 0.2) is 0 Å². The maximum absolute atomic E-state index is 10.3. The molecule has 3 rings (SSSR count). The number of hydrogen-bond acceptors (Lipinski definition) is 4. The predicted molar refractivity (Wildman–Crippen MR) is 106 cm³/mol. The first-order valence-electron chi connectivity index (χ1n) is 9.42. The van der Waals surface area contributed by atoms with E-state index in [1.54, 1.807) is 6.92 Å². The van der Waals surface area contributed by atoms with E-state index >= 15 is 0 Å². The van der Waals surface area contributed by atoms with Crippen molar-refractivity contribution in [1.82, 2.24) is 0 Å². The molecular weight excluding hydrogens is 364 g/mol. The van der Waals surface area contributed by atoms with Crippen LogP contribution in [-0.2, 0) is 11.2 Å². The standard InChI is InChI=1S/C22H27ClO4/c1-4-26-18-8-5-15(6-9-18)11-17-12-16(7-10-19(17)23)22-13(2)20(24)21(25)14(3)27-22/h5-10,12-14,20-22,24-25H,4,11H2,1-3H3. The van der Waals surface area contributed by atoms with Crippen LogP contribution >= 0.6 is 11.6 Å². The van der Waals surface area contributed by atoms with Gasteiger partial charge in [0.05, 0.1) is 24.9 Å². The van der Waals surface area contributed by atoms with Gasteiger partial charge >= 0.3 is 0 Å². The molecule has 5 heteroatoms. The fourth-order valence-corrected chi connectivity index (χ4v) is 3.77. The van der Waals surface area contributed by atoms with Crippen molar-refractivity contribution in [2.75, 3.05) is 6.61 Å². The molecule has 0 saturated carbocycles. The van der Waals surface area contributed by atoms with E-state index in [0.717, 1.165) is 22.4 Å². The Hall–Kier alpha value is -1.59. The zero-order chi connectivity index (χ0) is 19.6. The third kappa shape index (κ3) is 4.46. The van der Waals surface area contributed by atoms with Gasteiger partial charge in [0.2, 0.25) is 0 Å². The molecule has 1 saturated heterocycles. The molecule has 1 aliphatic heterocycles. The average molecular weight is 391 g/mol. The molecule has 5 atom stereocenters. The summed E-state index contributed by atoms with van der Waals surface area (Å²) in [4.78, 5) is 0. The molecule has 4 nitrogen and oxygen atoms in total. The largest absolute Gasteiger partial charge is 0.494 e. The van der Waals surface area contributed by atoms with Crippen molar-refractivity contribution in [3.8, 4) is 5.75 Å². The second-order valence-corrected chi connectivity index (χ2v) is 7.61. The fraction of sp³-hybridized carbons (Fsp3) is 0.455. The van der Waals surface area contributed by atoms with Crippen molar-refractivity contribution in [2.24, 2.45) is 5.92 Å². The van der Waals surface area contributed by atoms with E-state index in [1.807, 2.05) is 56.3 Å². The van der Waals surface area contributed by atoms with Crippen LogP contribution in [0.25, 0.3) is 0 Å². The van der Waals surface area contributed by atoms with Crippen LogP contribution in [-0.4, -0.2) is 35.1 Å². The Morgan fingerprint density at radius 3 is 2.41 bits per heavy atom. The van der Waals surface area contributed by atoms with Gasteiger partial charge in [0.25, 0.3) is 0 Å². The van der Waals surface area contributed by atoms with Crippen molar-refractivity contribution in [3.05, 3.63) is 64.2 Å². The molecular formula is C22H27ClO4. The molecule has 2 aromatic rings. The lowest BCUT2D eigenvalue weighted by atomic mass is 9.84. The molecule has 0 radical (unpaired) electrons. The average Bonchev–Trinajstić information content (AvgIpc) is 2.66. The lowest BCUT2D eigenvalue weighted by Gasteiger charge is -2.40.